The summed E-state index contributed by atoms with van der Waals surface area (Å²) in [5.74, 6) is 0.255. The van der Waals surface area contributed by atoms with Gasteiger partial charge in [-0.1, -0.05) is 18.2 Å². The number of rotatable bonds is 4. The van der Waals surface area contributed by atoms with Gasteiger partial charge in [0.25, 0.3) is 0 Å². The number of halogens is 1. The predicted octanol–water partition coefficient (Wildman–Crippen LogP) is 2.90. The summed E-state index contributed by atoms with van der Waals surface area (Å²) in [5.41, 5.74) is 0.633. The van der Waals surface area contributed by atoms with E-state index in [1.165, 1.54) is 6.20 Å². The molecular formula is C14H13ClN2O2S. The summed E-state index contributed by atoms with van der Waals surface area (Å²) < 4.78 is 25.4. The van der Waals surface area contributed by atoms with E-state index in [-0.39, 0.29) is 16.3 Å². The van der Waals surface area contributed by atoms with Gasteiger partial charge in [0, 0.05) is 17.5 Å². The Morgan fingerprint density at radius 2 is 2.10 bits per heavy atom. The SMILES string of the molecule is CC(CCCl)S(=O)(=O)c1c(C#N)cnc2ccccc12. The number of hydrogen-bond donors (Lipinski definition) is 0. The zero-order valence-corrected chi connectivity index (χ0v) is 12.4. The van der Waals surface area contributed by atoms with E-state index in [0.29, 0.717) is 17.3 Å². The lowest BCUT2D eigenvalue weighted by Crippen LogP contribution is -2.20. The van der Waals surface area contributed by atoms with Crippen molar-refractivity contribution in [3.8, 4) is 6.07 Å². The summed E-state index contributed by atoms with van der Waals surface area (Å²) in [5, 5.41) is 9.01. The van der Waals surface area contributed by atoms with Crippen LogP contribution >= 0.6 is 11.6 Å². The Balaban J connectivity index is 2.78. The van der Waals surface area contributed by atoms with Crippen molar-refractivity contribution in [2.24, 2.45) is 0 Å². The van der Waals surface area contributed by atoms with Gasteiger partial charge in [-0.2, -0.15) is 5.26 Å². The number of nitriles is 1. The number of pyridine rings is 1. The van der Waals surface area contributed by atoms with Crippen LogP contribution < -0.4 is 0 Å². The third-order valence-corrected chi connectivity index (χ3v) is 5.70. The van der Waals surface area contributed by atoms with Crippen molar-refractivity contribution in [2.75, 3.05) is 5.88 Å². The van der Waals surface area contributed by atoms with Crippen molar-refractivity contribution >= 4 is 32.3 Å². The quantitative estimate of drug-likeness (QED) is 0.814. The number of aromatic nitrogens is 1. The predicted molar refractivity (Wildman–Crippen MR) is 78.4 cm³/mol. The molecule has 0 aliphatic carbocycles. The standard InChI is InChI=1S/C14H13ClN2O2S/c1-10(6-7-15)20(18,19)14-11(8-16)9-17-13-5-3-2-4-12(13)14/h2-5,9-10H,6-7H2,1H3. The fraction of sp³-hybridized carbons (Fsp3) is 0.286. The highest BCUT2D eigenvalue weighted by Gasteiger charge is 2.28. The maximum Gasteiger partial charge on any atom is 0.183 e. The van der Waals surface area contributed by atoms with E-state index < -0.39 is 15.1 Å². The molecule has 104 valence electrons. The lowest BCUT2D eigenvalue weighted by Gasteiger charge is -2.14. The van der Waals surface area contributed by atoms with Gasteiger partial charge >= 0.3 is 0 Å². The number of nitrogens with zero attached hydrogens (tertiary/aromatic N) is 2. The van der Waals surface area contributed by atoms with Gasteiger partial charge in [0.05, 0.1) is 21.2 Å². The Morgan fingerprint density at radius 1 is 1.40 bits per heavy atom. The first kappa shape index (κ1) is 14.8. The van der Waals surface area contributed by atoms with Gasteiger partial charge in [0.2, 0.25) is 0 Å². The summed E-state index contributed by atoms with van der Waals surface area (Å²) in [6, 6.07) is 8.82. The molecule has 1 aromatic heterocycles. The van der Waals surface area contributed by atoms with Gasteiger partial charge in [-0.15, -0.1) is 11.6 Å². The van der Waals surface area contributed by atoms with Gasteiger partial charge in [0.1, 0.15) is 6.07 Å². The second-order valence-corrected chi connectivity index (χ2v) is 7.14. The molecule has 0 amide bonds. The largest absolute Gasteiger partial charge is 0.255 e. The Labute approximate surface area is 122 Å². The fourth-order valence-electron chi connectivity index (χ4n) is 2.01. The van der Waals surface area contributed by atoms with Gasteiger partial charge < -0.3 is 0 Å². The van der Waals surface area contributed by atoms with Crippen molar-refractivity contribution in [3.63, 3.8) is 0 Å². The lowest BCUT2D eigenvalue weighted by atomic mass is 10.2. The molecule has 4 nitrogen and oxygen atoms in total. The number of benzene rings is 1. The second kappa shape index (κ2) is 5.78. The van der Waals surface area contributed by atoms with Crippen LogP contribution in [0.15, 0.2) is 35.4 Å². The molecule has 1 aromatic carbocycles. The van der Waals surface area contributed by atoms with E-state index in [2.05, 4.69) is 4.98 Å². The summed E-state index contributed by atoms with van der Waals surface area (Å²) in [4.78, 5) is 4.18. The molecule has 0 fully saturated rings. The highest BCUT2D eigenvalue weighted by molar-refractivity contribution is 7.92. The normalized spacial score (nSPS) is 13.1. The van der Waals surface area contributed by atoms with E-state index in [1.807, 2.05) is 6.07 Å². The van der Waals surface area contributed by atoms with Crippen molar-refractivity contribution in [1.82, 2.24) is 4.98 Å². The molecule has 1 heterocycles. The number of sulfone groups is 1. The minimum atomic E-state index is -3.62. The first-order chi connectivity index (χ1) is 9.52. The van der Waals surface area contributed by atoms with E-state index in [0.717, 1.165) is 0 Å². The molecular weight excluding hydrogens is 296 g/mol. The molecule has 2 rings (SSSR count). The van der Waals surface area contributed by atoms with Crippen molar-refractivity contribution in [3.05, 3.63) is 36.0 Å². The van der Waals surface area contributed by atoms with E-state index >= 15 is 0 Å². The smallest absolute Gasteiger partial charge is 0.183 e. The Morgan fingerprint density at radius 3 is 2.75 bits per heavy atom. The van der Waals surface area contributed by atoms with Gasteiger partial charge in [-0.3, -0.25) is 4.98 Å². The van der Waals surface area contributed by atoms with Crippen LogP contribution in [0.3, 0.4) is 0 Å². The van der Waals surface area contributed by atoms with Crippen molar-refractivity contribution in [2.45, 2.75) is 23.5 Å². The Kier molecular flexibility index (Phi) is 4.26. The molecule has 0 spiro atoms. The molecule has 0 saturated carbocycles. The minimum Gasteiger partial charge on any atom is -0.255 e. The summed E-state index contributed by atoms with van der Waals surface area (Å²) in [6.45, 7) is 1.61. The molecule has 2 aromatic rings. The van der Waals surface area contributed by atoms with Crippen LogP contribution in [0.4, 0.5) is 0 Å². The molecule has 1 atom stereocenters. The van der Waals surface area contributed by atoms with Gasteiger partial charge in [-0.05, 0) is 19.4 Å². The van der Waals surface area contributed by atoms with Crippen LogP contribution in [0.2, 0.25) is 0 Å². The third kappa shape index (κ3) is 2.49. The Hall–Kier alpha value is -1.64. The number of para-hydroxylation sites is 1. The zero-order chi connectivity index (χ0) is 14.8. The van der Waals surface area contributed by atoms with Crippen LogP contribution in [0.5, 0.6) is 0 Å². The van der Waals surface area contributed by atoms with Gasteiger partial charge in [0.15, 0.2) is 9.84 Å². The molecule has 1 unspecified atom stereocenters. The zero-order valence-electron chi connectivity index (χ0n) is 10.9. The first-order valence-corrected chi connectivity index (χ1v) is 8.18. The molecule has 6 heteroatoms. The number of alkyl halides is 1. The monoisotopic (exact) mass is 308 g/mol. The highest BCUT2D eigenvalue weighted by atomic mass is 35.5. The van der Waals surface area contributed by atoms with E-state index in [9.17, 15) is 13.7 Å². The van der Waals surface area contributed by atoms with E-state index in [1.54, 1.807) is 31.2 Å². The Bertz CT molecular complexity index is 781. The van der Waals surface area contributed by atoms with Crippen LogP contribution in [-0.4, -0.2) is 24.5 Å². The first-order valence-electron chi connectivity index (χ1n) is 6.10. The van der Waals surface area contributed by atoms with Crippen LogP contribution in [-0.2, 0) is 9.84 Å². The summed E-state index contributed by atoms with van der Waals surface area (Å²) in [6.07, 6.45) is 1.65. The average Bonchev–Trinajstić information content (AvgIpc) is 2.46. The van der Waals surface area contributed by atoms with Crippen LogP contribution in [0.1, 0.15) is 18.9 Å². The third-order valence-electron chi connectivity index (χ3n) is 3.18. The maximum atomic E-state index is 12.7. The molecule has 0 radical (unpaired) electrons. The van der Waals surface area contributed by atoms with Crippen molar-refractivity contribution in [1.29, 1.82) is 5.26 Å². The molecule has 0 aliphatic heterocycles. The molecule has 0 aliphatic rings. The average molecular weight is 309 g/mol. The van der Waals surface area contributed by atoms with Crippen LogP contribution in [0, 0.1) is 11.3 Å². The molecule has 0 bridgehead atoms. The number of hydrogen-bond acceptors (Lipinski definition) is 4. The van der Waals surface area contributed by atoms with Crippen molar-refractivity contribution < 1.29 is 8.42 Å². The lowest BCUT2D eigenvalue weighted by molar-refractivity contribution is 0.582. The molecule has 0 saturated heterocycles. The summed E-state index contributed by atoms with van der Waals surface area (Å²) in [7, 11) is -3.62. The molecule has 20 heavy (non-hydrogen) atoms. The maximum absolute atomic E-state index is 12.7. The number of fused-ring (bicyclic) bond motifs is 1. The topological polar surface area (TPSA) is 70.8 Å². The molecule has 0 N–H and O–H groups in total. The minimum absolute atomic E-state index is 0.0585. The highest BCUT2D eigenvalue weighted by Crippen LogP contribution is 2.29. The van der Waals surface area contributed by atoms with Gasteiger partial charge in [-0.25, -0.2) is 8.42 Å². The fourth-order valence-corrected chi connectivity index (χ4v) is 4.18. The van der Waals surface area contributed by atoms with E-state index in [4.69, 9.17) is 11.6 Å². The second-order valence-electron chi connectivity index (χ2n) is 4.46. The van der Waals surface area contributed by atoms with Crippen LogP contribution in [0.25, 0.3) is 10.9 Å². The summed E-state index contributed by atoms with van der Waals surface area (Å²) >= 11 is 5.64.